The zero-order chi connectivity index (χ0) is 13.3. The Bertz CT molecular complexity index is 566. The van der Waals surface area contributed by atoms with Gasteiger partial charge in [0.05, 0.1) is 16.3 Å². The molecule has 0 amide bonds. The summed E-state index contributed by atoms with van der Waals surface area (Å²) in [5, 5.41) is 1.22. The van der Waals surface area contributed by atoms with Crippen molar-refractivity contribution in [3.8, 4) is 5.75 Å². The quantitative estimate of drug-likeness (QED) is 0.902. The van der Waals surface area contributed by atoms with E-state index >= 15 is 0 Å². The highest BCUT2D eigenvalue weighted by Crippen LogP contribution is 2.41. The lowest BCUT2D eigenvalue weighted by Gasteiger charge is -2.15. The van der Waals surface area contributed by atoms with E-state index in [0.29, 0.717) is 22.7 Å². The van der Waals surface area contributed by atoms with Crippen LogP contribution in [-0.2, 0) is 0 Å². The van der Waals surface area contributed by atoms with Crippen LogP contribution in [0.3, 0.4) is 0 Å². The first-order chi connectivity index (χ1) is 8.54. The Morgan fingerprint density at radius 1 is 1.50 bits per heavy atom. The number of thiazole rings is 1. The number of hydrogen-bond donors (Lipinski definition) is 1. The molecule has 0 fully saturated rings. The Hall–Kier alpha value is -1.00. The van der Waals surface area contributed by atoms with Gasteiger partial charge >= 0.3 is 0 Å². The molecule has 0 atom stereocenters. The zero-order valence-electron chi connectivity index (χ0n) is 10.8. The first kappa shape index (κ1) is 13.4. The van der Waals surface area contributed by atoms with Crippen molar-refractivity contribution in [3.63, 3.8) is 0 Å². The summed E-state index contributed by atoms with van der Waals surface area (Å²) in [4.78, 5) is 4.36. The maximum atomic E-state index is 6.28. The molecule has 2 rings (SSSR count). The molecule has 1 aromatic carbocycles. The van der Waals surface area contributed by atoms with Crippen LogP contribution in [-0.4, -0.2) is 11.6 Å². The zero-order valence-corrected chi connectivity index (χ0v) is 12.4. The van der Waals surface area contributed by atoms with E-state index in [1.807, 2.05) is 6.07 Å². The fourth-order valence-electron chi connectivity index (χ4n) is 1.84. The SMILES string of the molecule is CCCOc1c(C(C)C)cc(Cl)c2sc(N)nc12. The number of fused-ring (bicyclic) bond motifs is 1. The van der Waals surface area contributed by atoms with Gasteiger partial charge in [0.15, 0.2) is 5.13 Å². The molecule has 0 saturated carbocycles. The minimum atomic E-state index is 0.335. The van der Waals surface area contributed by atoms with Gasteiger partial charge in [0.2, 0.25) is 0 Å². The van der Waals surface area contributed by atoms with Crippen molar-refractivity contribution in [2.45, 2.75) is 33.1 Å². The van der Waals surface area contributed by atoms with Crippen LogP contribution >= 0.6 is 22.9 Å². The largest absolute Gasteiger partial charge is 0.491 e. The van der Waals surface area contributed by atoms with Crippen molar-refractivity contribution in [2.75, 3.05) is 12.3 Å². The Kier molecular flexibility index (Phi) is 3.97. The lowest BCUT2D eigenvalue weighted by atomic mass is 10.0. The fraction of sp³-hybridized carbons (Fsp3) is 0.462. The molecule has 0 aliphatic carbocycles. The predicted molar refractivity (Wildman–Crippen MR) is 78.9 cm³/mol. The summed E-state index contributed by atoms with van der Waals surface area (Å²) in [5.41, 5.74) is 7.66. The highest BCUT2D eigenvalue weighted by molar-refractivity contribution is 7.22. The molecule has 2 aromatic rings. The van der Waals surface area contributed by atoms with Crippen LogP contribution in [0.4, 0.5) is 5.13 Å². The van der Waals surface area contributed by atoms with Gasteiger partial charge in [-0.15, -0.1) is 0 Å². The Balaban J connectivity index is 2.66. The van der Waals surface area contributed by atoms with Crippen LogP contribution in [0.2, 0.25) is 5.02 Å². The average molecular weight is 285 g/mol. The molecule has 5 heteroatoms. The lowest BCUT2D eigenvalue weighted by molar-refractivity contribution is 0.316. The predicted octanol–water partition coefficient (Wildman–Crippen LogP) is 4.44. The van der Waals surface area contributed by atoms with Crippen LogP contribution in [0.5, 0.6) is 5.75 Å². The number of nitrogens with two attached hydrogens (primary N) is 1. The molecule has 1 heterocycles. The topological polar surface area (TPSA) is 48.1 Å². The highest BCUT2D eigenvalue weighted by Gasteiger charge is 2.18. The Labute approximate surface area is 116 Å². The summed E-state index contributed by atoms with van der Waals surface area (Å²) in [6.45, 7) is 6.99. The molecule has 0 aliphatic heterocycles. The molecule has 3 nitrogen and oxygen atoms in total. The average Bonchev–Trinajstić information content (AvgIpc) is 2.70. The highest BCUT2D eigenvalue weighted by atomic mass is 35.5. The molecule has 2 N–H and O–H groups in total. The molecule has 0 spiro atoms. The number of nitrogens with zero attached hydrogens (tertiary/aromatic N) is 1. The van der Waals surface area contributed by atoms with E-state index in [-0.39, 0.29) is 0 Å². The molecular weight excluding hydrogens is 268 g/mol. The Morgan fingerprint density at radius 3 is 2.83 bits per heavy atom. The summed E-state index contributed by atoms with van der Waals surface area (Å²) in [6.07, 6.45) is 0.960. The summed E-state index contributed by atoms with van der Waals surface area (Å²) < 4.78 is 6.77. The number of hydrogen-bond acceptors (Lipinski definition) is 4. The van der Waals surface area contributed by atoms with E-state index < -0.39 is 0 Å². The maximum absolute atomic E-state index is 6.28. The molecule has 0 unspecified atom stereocenters. The van der Waals surface area contributed by atoms with Gasteiger partial charge in [-0.3, -0.25) is 0 Å². The molecule has 0 bridgehead atoms. The Morgan fingerprint density at radius 2 is 2.22 bits per heavy atom. The second kappa shape index (κ2) is 5.33. The molecule has 0 aliphatic rings. The summed E-state index contributed by atoms with van der Waals surface area (Å²) in [6, 6.07) is 1.97. The van der Waals surface area contributed by atoms with Crippen molar-refractivity contribution in [1.29, 1.82) is 0 Å². The van der Waals surface area contributed by atoms with E-state index in [1.54, 1.807) is 0 Å². The minimum absolute atomic E-state index is 0.335. The molecule has 98 valence electrons. The number of nitrogen functional groups attached to an aromatic ring is 1. The van der Waals surface area contributed by atoms with E-state index in [2.05, 4.69) is 25.8 Å². The van der Waals surface area contributed by atoms with Crippen LogP contribution in [0.25, 0.3) is 10.2 Å². The number of aromatic nitrogens is 1. The summed E-state index contributed by atoms with van der Waals surface area (Å²) in [5.74, 6) is 1.17. The third-order valence-corrected chi connectivity index (χ3v) is 4.02. The van der Waals surface area contributed by atoms with Crippen molar-refractivity contribution in [2.24, 2.45) is 0 Å². The number of anilines is 1. The van der Waals surface area contributed by atoms with Crippen molar-refractivity contribution < 1.29 is 4.74 Å². The molecule has 1 aromatic heterocycles. The van der Waals surface area contributed by atoms with Gasteiger partial charge in [0, 0.05) is 5.56 Å². The van der Waals surface area contributed by atoms with E-state index in [4.69, 9.17) is 22.1 Å². The number of halogens is 1. The smallest absolute Gasteiger partial charge is 0.181 e. The van der Waals surface area contributed by atoms with Gasteiger partial charge in [-0.05, 0) is 18.4 Å². The molecule has 0 radical (unpaired) electrons. The lowest BCUT2D eigenvalue weighted by Crippen LogP contribution is -2.01. The first-order valence-corrected chi connectivity index (χ1v) is 7.25. The molecular formula is C13H17ClN2OS. The van der Waals surface area contributed by atoms with Gasteiger partial charge in [-0.25, -0.2) is 4.98 Å². The van der Waals surface area contributed by atoms with Crippen LogP contribution in [0.15, 0.2) is 6.07 Å². The second-order valence-corrected chi connectivity index (χ2v) is 5.95. The normalized spacial score (nSPS) is 11.4. The van der Waals surface area contributed by atoms with Crippen LogP contribution in [0.1, 0.15) is 38.7 Å². The summed E-state index contributed by atoms with van der Waals surface area (Å²) in [7, 11) is 0. The summed E-state index contributed by atoms with van der Waals surface area (Å²) >= 11 is 7.69. The fourth-order valence-corrected chi connectivity index (χ4v) is 2.90. The van der Waals surface area contributed by atoms with Gasteiger partial charge in [-0.2, -0.15) is 0 Å². The standard InChI is InChI=1S/C13H17ClN2OS/c1-4-5-17-11-8(7(2)3)6-9(14)12-10(11)16-13(15)18-12/h6-7H,4-5H2,1-3H3,(H2,15,16). The van der Waals surface area contributed by atoms with Gasteiger partial charge in [0.1, 0.15) is 11.3 Å². The molecule has 18 heavy (non-hydrogen) atoms. The number of benzene rings is 1. The van der Waals surface area contributed by atoms with Gasteiger partial charge in [0.25, 0.3) is 0 Å². The van der Waals surface area contributed by atoms with Gasteiger partial charge in [-0.1, -0.05) is 43.7 Å². The molecule has 0 saturated heterocycles. The maximum Gasteiger partial charge on any atom is 0.181 e. The van der Waals surface area contributed by atoms with Crippen molar-refractivity contribution >= 4 is 38.3 Å². The van der Waals surface area contributed by atoms with Crippen LogP contribution in [0, 0.1) is 0 Å². The monoisotopic (exact) mass is 284 g/mol. The third-order valence-electron chi connectivity index (χ3n) is 2.69. The third kappa shape index (κ3) is 2.40. The number of rotatable bonds is 4. The van der Waals surface area contributed by atoms with Crippen molar-refractivity contribution in [1.82, 2.24) is 4.98 Å². The first-order valence-electron chi connectivity index (χ1n) is 6.05. The van der Waals surface area contributed by atoms with Crippen molar-refractivity contribution in [3.05, 3.63) is 16.7 Å². The van der Waals surface area contributed by atoms with Crippen LogP contribution < -0.4 is 10.5 Å². The minimum Gasteiger partial charge on any atom is -0.491 e. The number of ether oxygens (including phenoxy) is 1. The second-order valence-electron chi connectivity index (χ2n) is 4.51. The van der Waals surface area contributed by atoms with Gasteiger partial charge < -0.3 is 10.5 Å². The van der Waals surface area contributed by atoms with E-state index in [1.165, 1.54) is 11.3 Å². The van der Waals surface area contributed by atoms with E-state index in [0.717, 1.165) is 28.0 Å². The van der Waals surface area contributed by atoms with E-state index in [9.17, 15) is 0 Å².